The number of ketones is 1. The molecule has 0 saturated heterocycles. The molecule has 0 bridgehead atoms. The highest BCUT2D eigenvalue weighted by atomic mass is 35.5. The molecule has 0 amide bonds. The van der Waals surface area contributed by atoms with Crippen molar-refractivity contribution in [2.24, 2.45) is 10.7 Å². The Labute approximate surface area is 197 Å². The predicted octanol–water partition coefficient (Wildman–Crippen LogP) is 5.24. The van der Waals surface area contributed by atoms with Gasteiger partial charge in [-0.25, -0.2) is 13.2 Å². The Hall–Kier alpha value is -2.66. The van der Waals surface area contributed by atoms with Crippen molar-refractivity contribution in [2.75, 3.05) is 6.61 Å². The normalized spacial score (nSPS) is 22.8. The Morgan fingerprint density at radius 3 is 2.41 bits per heavy atom. The minimum Gasteiger partial charge on any atom is -0.385 e. The molecule has 2 N–H and O–H groups in total. The van der Waals surface area contributed by atoms with Gasteiger partial charge in [-0.1, -0.05) is 6.07 Å². The maximum atomic E-state index is 14.6. The fourth-order valence-electron chi connectivity index (χ4n) is 3.50. The SMILES string of the molecule is Cc1cc(C(F)F)cnc1C(=O)Cc1ccc(F)c([C@]2(C)CO[C@@](C)(C(F)(F)F)C(N)=N2)c1.Cl. The molecule has 1 aromatic heterocycles. The van der Waals surface area contributed by atoms with Crippen LogP contribution in [0.2, 0.25) is 0 Å². The van der Waals surface area contributed by atoms with E-state index in [0.717, 1.165) is 25.3 Å². The van der Waals surface area contributed by atoms with Crippen LogP contribution in [0.3, 0.4) is 0 Å². The number of aliphatic imine (C=N–C) groups is 1. The van der Waals surface area contributed by atoms with E-state index in [0.29, 0.717) is 5.56 Å². The van der Waals surface area contributed by atoms with Gasteiger partial charge in [0.15, 0.2) is 5.78 Å². The second-order valence-corrected chi connectivity index (χ2v) is 8.24. The van der Waals surface area contributed by atoms with Crippen molar-refractivity contribution in [3.8, 4) is 0 Å². The van der Waals surface area contributed by atoms with Crippen molar-refractivity contribution < 1.29 is 35.9 Å². The number of pyridine rings is 1. The van der Waals surface area contributed by atoms with E-state index in [1.807, 2.05) is 0 Å². The van der Waals surface area contributed by atoms with Gasteiger partial charge in [0.25, 0.3) is 6.43 Å². The fourth-order valence-corrected chi connectivity index (χ4v) is 3.50. The Kier molecular flexibility index (Phi) is 7.73. The van der Waals surface area contributed by atoms with Crippen LogP contribution >= 0.6 is 12.4 Å². The first-order chi connectivity index (χ1) is 15.2. The quantitative estimate of drug-likeness (QED) is 0.442. The van der Waals surface area contributed by atoms with Crippen molar-refractivity contribution in [2.45, 2.75) is 50.9 Å². The first kappa shape index (κ1) is 27.6. The molecule has 34 heavy (non-hydrogen) atoms. The van der Waals surface area contributed by atoms with Gasteiger partial charge in [0.05, 0.1) is 6.61 Å². The summed E-state index contributed by atoms with van der Waals surface area (Å²) < 4.78 is 85.3. The summed E-state index contributed by atoms with van der Waals surface area (Å²) in [6, 6.07) is 4.86. The zero-order chi connectivity index (χ0) is 24.8. The molecule has 186 valence electrons. The molecule has 12 heteroatoms. The number of halogens is 7. The largest absolute Gasteiger partial charge is 0.424 e. The van der Waals surface area contributed by atoms with E-state index in [1.165, 1.54) is 26.0 Å². The molecule has 0 aliphatic carbocycles. The Bertz CT molecular complexity index is 1120. The standard InChI is InChI=1S/C22H21F6N3O2.ClH/c1-11-6-13(18(24)25)9-30-17(11)16(32)8-12-4-5-15(23)14(7-12)20(2)10-33-21(3,19(29)31-20)22(26,27)28;/h4-7,9,18H,8,10H2,1-3H3,(H2,29,31);1H/t20-,21+;/m0./s1. The van der Waals surface area contributed by atoms with Crippen LogP contribution in [0.25, 0.3) is 0 Å². The smallest absolute Gasteiger partial charge is 0.385 e. The van der Waals surface area contributed by atoms with Crippen LogP contribution in [0, 0.1) is 12.7 Å². The van der Waals surface area contributed by atoms with Gasteiger partial charge in [-0.3, -0.25) is 14.8 Å². The van der Waals surface area contributed by atoms with Gasteiger partial charge in [0.2, 0.25) is 5.60 Å². The molecule has 2 aromatic rings. The zero-order valence-corrected chi connectivity index (χ0v) is 19.2. The summed E-state index contributed by atoms with van der Waals surface area (Å²) >= 11 is 0. The highest BCUT2D eigenvalue weighted by molar-refractivity contribution is 5.97. The summed E-state index contributed by atoms with van der Waals surface area (Å²) in [5, 5.41) is 0. The molecule has 0 saturated carbocycles. The van der Waals surface area contributed by atoms with Gasteiger partial charge in [0, 0.05) is 23.7 Å². The molecule has 0 unspecified atom stereocenters. The second kappa shape index (κ2) is 9.53. The van der Waals surface area contributed by atoms with Crippen molar-refractivity contribution >= 4 is 24.0 Å². The summed E-state index contributed by atoms with van der Waals surface area (Å²) in [7, 11) is 0. The number of alkyl halides is 5. The number of rotatable bonds is 5. The summed E-state index contributed by atoms with van der Waals surface area (Å²) in [5.41, 5.74) is 1.36. The summed E-state index contributed by atoms with van der Waals surface area (Å²) in [4.78, 5) is 20.4. The Morgan fingerprint density at radius 2 is 1.88 bits per heavy atom. The minimum absolute atomic E-state index is 0. The predicted molar refractivity (Wildman–Crippen MR) is 115 cm³/mol. The molecular weight excluding hydrogens is 488 g/mol. The Balaban J connectivity index is 0.00000408. The molecule has 2 heterocycles. The lowest BCUT2D eigenvalue weighted by Crippen LogP contribution is -2.60. The number of nitrogens with two attached hydrogens (primary N) is 1. The van der Waals surface area contributed by atoms with Crippen LogP contribution in [0.15, 0.2) is 35.5 Å². The number of ether oxygens (including phenoxy) is 1. The van der Waals surface area contributed by atoms with Gasteiger partial charge >= 0.3 is 6.18 Å². The van der Waals surface area contributed by atoms with Gasteiger partial charge in [-0.15, -0.1) is 12.4 Å². The average molecular weight is 510 g/mol. The summed E-state index contributed by atoms with van der Waals surface area (Å²) in [6.45, 7) is 2.98. The molecule has 3 rings (SSSR count). The molecule has 5 nitrogen and oxygen atoms in total. The third kappa shape index (κ3) is 5.05. The van der Waals surface area contributed by atoms with Crippen molar-refractivity contribution in [1.29, 1.82) is 0 Å². The molecular formula is C22H22ClF6N3O2. The zero-order valence-electron chi connectivity index (χ0n) is 18.3. The fraction of sp³-hybridized carbons (Fsp3) is 0.409. The second-order valence-electron chi connectivity index (χ2n) is 8.24. The third-order valence-electron chi connectivity index (χ3n) is 5.63. The molecule has 2 atom stereocenters. The molecule has 0 fully saturated rings. The van der Waals surface area contributed by atoms with E-state index < -0.39 is 47.8 Å². The lowest BCUT2D eigenvalue weighted by molar-refractivity contribution is -0.249. The summed E-state index contributed by atoms with van der Waals surface area (Å²) in [6.07, 6.45) is -6.88. The van der Waals surface area contributed by atoms with Crippen LogP contribution in [-0.4, -0.2) is 35.0 Å². The lowest BCUT2D eigenvalue weighted by Gasteiger charge is -2.41. The van der Waals surface area contributed by atoms with Crippen LogP contribution in [0.1, 0.15) is 53.0 Å². The number of benzene rings is 1. The van der Waals surface area contributed by atoms with Crippen LogP contribution in [0.4, 0.5) is 26.3 Å². The molecule has 1 aliphatic heterocycles. The number of hydrogen-bond acceptors (Lipinski definition) is 5. The topological polar surface area (TPSA) is 77.6 Å². The maximum absolute atomic E-state index is 14.6. The first-order valence-electron chi connectivity index (χ1n) is 9.81. The molecule has 1 aliphatic rings. The average Bonchev–Trinajstić information content (AvgIpc) is 2.71. The number of aromatic nitrogens is 1. The van der Waals surface area contributed by atoms with E-state index in [9.17, 15) is 31.1 Å². The molecule has 1 aromatic carbocycles. The van der Waals surface area contributed by atoms with Gasteiger partial charge < -0.3 is 10.5 Å². The van der Waals surface area contributed by atoms with Crippen molar-refractivity contribution in [3.63, 3.8) is 0 Å². The number of amidine groups is 1. The van der Waals surface area contributed by atoms with E-state index in [2.05, 4.69) is 9.98 Å². The highest BCUT2D eigenvalue weighted by Gasteiger charge is 2.59. The molecule has 0 radical (unpaired) electrons. The first-order valence-corrected chi connectivity index (χ1v) is 9.81. The van der Waals surface area contributed by atoms with Gasteiger partial charge in [-0.05, 0) is 50.1 Å². The van der Waals surface area contributed by atoms with E-state index in [-0.39, 0.29) is 41.2 Å². The van der Waals surface area contributed by atoms with Crippen LogP contribution < -0.4 is 5.73 Å². The van der Waals surface area contributed by atoms with Crippen molar-refractivity contribution in [3.05, 3.63) is 64.2 Å². The number of nitrogens with zero attached hydrogens (tertiary/aromatic N) is 2. The van der Waals surface area contributed by atoms with Gasteiger partial charge in [0.1, 0.15) is 22.9 Å². The number of carbonyl (C=O) groups excluding carboxylic acids is 1. The number of carbonyl (C=O) groups is 1. The number of aryl methyl sites for hydroxylation is 1. The van der Waals surface area contributed by atoms with Crippen LogP contribution in [-0.2, 0) is 16.7 Å². The van der Waals surface area contributed by atoms with E-state index in [4.69, 9.17) is 10.5 Å². The Morgan fingerprint density at radius 1 is 1.24 bits per heavy atom. The van der Waals surface area contributed by atoms with Crippen LogP contribution in [0.5, 0.6) is 0 Å². The highest BCUT2D eigenvalue weighted by Crippen LogP contribution is 2.41. The third-order valence-corrected chi connectivity index (χ3v) is 5.63. The number of hydrogen-bond donors (Lipinski definition) is 1. The number of Topliss-reactive ketones (excluding diaryl/α,β-unsaturated/α-hetero) is 1. The van der Waals surface area contributed by atoms with Gasteiger partial charge in [-0.2, -0.15) is 13.2 Å². The molecule has 0 spiro atoms. The van der Waals surface area contributed by atoms with E-state index >= 15 is 0 Å². The van der Waals surface area contributed by atoms with E-state index in [1.54, 1.807) is 0 Å². The van der Waals surface area contributed by atoms with Crippen molar-refractivity contribution in [1.82, 2.24) is 4.98 Å². The monoisotopic (exact) mass is 509 g/mol. The lowest BCUT2D eigenvalue weighted by atomic mass is 9.88. The summed E-state index contributed by atoms with van der Waals surface area (Å²) in [5.74, 6) is -2.10. The maximum Gasteiger partial charge on any atom is 0.424 e. The minimum atomic E-state index is -4.82.